The maximum atomic E-state index is 12.7. The lowest BCUT2D eigenvalue weighted by atomic mass is 10.2. The zero-order valence-corrected chi connectivity index (χ0v) is 9.32. The molecule has 0 bridgehead atoms. The normalized spacial score (nSPS) is 9.44. The third kappa shape index (κ3) is 4.55. The number of nitrogens with one attached hydrogen (secondary N) is 1. The second kappa shape index (κ2) is 7.14. The van der Waals surface area contributed by atoms with Crippen LogP contribution >= 0.6 is 12.4 Å². The summed E-state index contributed by atoms with van der Waals surface area (Å²) in [6.07, 6.45) is 0.226. The van der Waals surface area contributed by atoms with E-state index in [0.29, 0.717) is 5.56 Å². The quantitative estimate of drug-likeness (QED) is 0.848. The third-order valence-corrected chi connectivity index (χ3v) is 1.85. The topological polar surface area (TPSA) is 55.1 Å². The highest BCUT2D eigenvalue weighted by Gasteiger charge is 2.03. The van der Waals surface area contributed by atoms with Crippen LogP contribution in [0.3, 0.4) is 0 Å². The Morgan fingerprint density at radius 1 is 1.31 bits per heavy atom. The highest BCUT2D eigenvalue weighted by Crippen LogP contribution is 2.08. The molecule has 1 aromatic rings. The van der Waals surface area contributed by atoms with Crippen molar-refractivity contribution < 1.29 is 13.6 Å². The van der Waals surface area contributed by atoms with Gasteiger partial charge in [-0.05, 0) is 17.7 Å². The minimum atomic E-state index is -0.916. The Labute approximate surface area is 98.4 Å². The van der Waals surface area contributed by atoms with E-state index in [-0.39, 0.29) is 37.8 Å². The van der Waals surface area contributed by atoms with Crippen molar-refractivity contribution in [2.75, 3.05) is 6.54 Å². The Kier molecular flexibility index (Phi) is 6.60. The van der Waals surface area contributed by atoms with Crippen LogP contribution in [-0.4, -0.2) is 12.5 Å². The molecule has 0 aromatic heterocycles. The van der Waals surface area contributed by atoms with E-state index < -0.39 is 11.6 Å². The molecule has 1 rings (SSSR count). The molecule has 0 aliphatic rings. The maximum absolute atomic E-state index is 12.7. The van der Waals surface area contributed by atoms with E-state index in [9.17, 15) is 13.6 Å². The van der Waals surface area contributed by atoms with Gasteiger partial charge in [0.2, 0.25) is 5.91 Å². The van der Waals surface area contributed by atoms with E-state index in [0.717, 1.165) is 12.1 Å². The van der Waals surface area contributed by atoms with E-state index >= 15 is 0 Å². The second-order valence-electron chi connectivity index (χ2n) is 3.06. The standard InChI is InChI=1S/C10H12F2N2O.ClH/c11-8-2-1-7(5-9(8)12)6-14-10(15)3-4-13;/h1-2,5H,3-4,6,13H2,(H,14,15);1H. The molecule has 0 aliphatic heterocycles. The predicted molar refractivity (Wildman–Crippen MR) is 59.1 cm³/mol. The van der Waals surface area contributed by atoms with Gasteiger partial charge in [0.25, 0.3) is 0 Å². The van der Waals surface area contributed by atoms with Crippen LogP contribution in [0.25, 0.3) is 0 Å². The first kappa shape index (κ1) is 14.8. The predicted octanol–water partition coefficient (Wildman–Crippen LogP) is 1.35. The van der Waals surface area contributed by atoms with Gasteiger partial charge in [-0.2, -0.15) is 0 Å². The average molecular weight is 251 g/mol. The SMILES string of the molecule is Cl.NCCC(=O)NCc1ccc(F)c(F)c1. The van der Waals surface area contributed by atoms with Gasteiger partial charge in [0, 0.05) is 19.5 Å². The highest BCUT2D eigenvalue weighted by atomic mass is 35.5. The second-order valence-corrected chi connectivity index (χ2v) is 3.06. The molecule has 1 amide bonds. The third-order valence-electron chi connectivity index (χ3n) is 1.85. The van der Waals surface area contributed by atoms with Crippen LogP contribution < -0.4 is 11.1 Å². The molecular weight excluding hydrogens is 238 g/mol. The largest absolute Gasteiger partial charge is 0.352 e. The van der Waals surface area contributed by atoms with Crippen molar-refractivity contribution in [3.05, 3.63) is 35.4 Å². The van der Waals surface area contributed by atoms with Crippen LogP contribution in [0.2, 0.25) is 0 Å². The molecule has 3 N–H and O–H groups in total. The number of carbonyl (C=O) groups excluding carboxylic acids is 1. The number of hydrogen-bond donors (Lipinski definition) is 2. The minimum Gasteiger partial charge on any atom is -0.352 e. The van der Waals surface area contributed by atoms with Crippen molar-refractivity contribution in [1.82, 2.24) is 5.32 Å². The molecule has 0 heterocycles. The molecule has 0 radical (unpaired) electrons. The van der Waals surface area contributed by atoms with Crippen LogP contribution in [0.4, 0.5) is 8.78 Å². The molecule has 0 spiro atoms. The first-order valence-electron chi connectivity index (χ1n) is 4.54. The summed E-state index contributed by atoms with van der Waals surface area (Å²) in [5, 5.41) is 2.54. The Bertz CT molecular complexity index is 361. The molecule has 0 aliphatic carbocycles. The zero-order valence-electron chi connectivity index (χ0n) is 8.50. The number of amides is 1. The highest BCUT2D eigenvalue weighted by molar-refractivity contribution is 5.85. The summed E-state index contributed by atoms with van der Waals surface area (Å²) in [5.41, 5.74) is 5.69. The van der Waals surface area contributed by atoms with Crippen LogP contribution in [0.1, 0.15) is 12.0 Å². The van der Waals surface area contributed by atoms with E-state index in [1.54, 1.807) is 0 Å². The Morgan fingerprint density at radius 3 is 2.56 bits per heavy atom. The first-order chi connectivity index (χ1) is 7.13. The first-order valence-corrected chi connectivity index (χ1v) is 4.54. The Hall–Kier alpha value is -1.20. The smallest absolute Gasteiger partial charge is 0.221 e. The summed E-state index contributed by atoms with van der Waals surface area (Å²) in [6, 6.07) is 3.50. The minimum absolute atomic E-state index is 0. The Balaban J connectivity index is 0.00000225. The van der Waals surface area contributed by atoms with Crippen molar-refractivity contribution >= 4 is 18.3 Å². The van der Waals surface area contributed by atoms with Gasteiger partial charge < -0.3 is 11.1 Å². The number of halogens is 3. The van der Waals surface area contributed by atoms with Gasteiger partial charge in [-0.1, -0.05) is 6.07 Å². The van der Waals surface area contributed by atoms with Gasteiger partial charge in [-0.15, -0.1) is 12.4 Å². The number of carbonyl (C=O) groups is 1. The van der Waals surface area contributed by atoms with Gasteiger partial charge in [-0.3, -0.25) is 4.79 Å². The van der Waals surface area contributed by atoms with Gasteiger partial charge >= 0.3 is 0 Å². The van der Waals surface area contributed by atoms with Crippen molar-refractivity contribution in [2.24, 2.45) is 5.73 Å². The molecule has 90 valence electrons. The van der Waals surface area contributed by atoms with Gasteiger partial charge in [0.05, 0.1) is 0 Å². The van der Waals surface area contributed by atoms with E-state index in [1.165, 1.54) is 6.07 Å². The maximum Gasteiger partial charge on any atom is 0.221 e. The fourth-order valence-electron chi connectivity index (χ4n) is 1.07. The molecule has 1 aromatic carbocycles. The number of hydrogen-bond acceptors (Lipinski definition) is 2. The summed E-state index contributed by atoms with van der Waals surface area (Å²) in [4.78, 5) is 11.0. The summed E-state index contributed by atoms with van der Waals surface area (Å²) in [6.45, 7) is 0.444. The molecule has 0 saturated heterocycles. The molecule has 16 heavy (non-hydrogen) atoms. The van der Waals surface area contributed by atoms with E-state index in [4.69, 9.17) is 5.73 Å². The van der Waals surface area contributed by atoms with Gasteiger partial charge in [0.1, 0.15) is 0 Å². The van der Waals surface area contributed by atoms with Crippen LogP contribution in [-0.2, 0) is 11.3 Å². The van der Waals surface area contributed by atoms with Crippen LogP contribution in [0.15, 0.2) is 18.2 Å². The monoisotopic (exact) mass is 250 g/mol. The lowest BCUT2D eigenvalue weighted by molar-refractivity contribution is -0.121. The van der Waals surface area contributed by atoms with E-state index in [1.807, 2.05) is 0 Å². The molecule has 0 fully saturated rings. The summed E-state index contributed by atoms with van der Waals surface area (Å²) >= 11 is 0. The number of rotatable bonds is 4. The Morgan fingerprint density at radius 2 is 2.00 bits per heavy atom. The lowest BCUT2D eigenvalue weighted by Gasteiger charge is -2.04. The van der Waals surface area contributed by atoms with Crippen molar-refractivity contribution in [3.63, 3.8) is 0 Å². The summed E-state index contributed by atoms with van der Waals surface area (Å²) in [5.74, 6) is -2.02. The molecule has 0 unspecified atom stereocenters. The van der Waals surface area contributed by atoms with Crippen LogP contribution in [0.5, 0.6) is 0 Å². The average Bonchev–Trinajstić information content (AvgIpc) is 2.20. The van der Waals surface area contributed by atoms with E-state index in [2.05, 4.69) is 5.32 Å². The fraction of sp³-hybridized carbons (Fsp3) is 0.300. The van der Waals surface area contributed by atoms with Crippen molar-refractivity contribution in [2.45, 2.75) is 13.0 Å². The molecular formula is C10H13ClF2N2O. The number of benzene rings is 1. The summed E-state index contributed by atoms with van der Waals surface area (Å²) in [7, 11) is 0. The summed E-state index contributed by atoms with van der Waals surface area (Å²) < 4.78 is 25.3. The van der Waals surface area contributed by atoms with Gasteiger partial charge in [0.15, 0.2) is 11.6 Å². The molecule has 3 nitrogen and oxygen atoms in total. The lowest BCUT2D eigenvalue weighted by Crippen LogP contribution is -2.25. The van der Waals surface area contributed by atoms with Gasteiger partial charge in [-0.25, -0.2) is 8.78 Å². The van der Waals surface area contributed by atoms with Crippen molar-refractivity contribution in [1.29, 1.82) is 0 Å². The van der Waals surface area contributed by atoms with Crippen LogP contribution in [0, 0.1) is 11.6 Å². The fourth-order valence-corrected chi connectivity index (χ4v) is 1.07. The molecule has 0 atom stereocenters. The van der Waals surface area contributed by atoms with Crippen molar-refractivity contribution in [3.8, 4) is 0 Å². The molecule has 6 heteroatoms. The molecule has 0 saturated carbocycles. The number of nitrogens with two attached hydrogens (primary N) is 1. The zero-order chi connectivity index (χ0) is 11.3.